The van der Waals surface area contributed by atoms with Gasteiger partial charge in [-0.25, -0.2) is 9.67 Å². The van der Waals surface area contributed by atoms with Crippen molar-refractivity contribution in [3.05, 3.63) is 47.0 Å². The van der Waals surface area contributed by atoms with E-state index in [1.807, 2.05) is 24.6 Å². The third-order valence-corrected chi connectivity index (χ3v) is 3.58. The zero-order valence-corrected chi connectivity index (χ0v) is 13.7. The van der Waals surface area contributed by atoms with E-state index in [1.165, 1.54) is 6.20 Å². The van der Waals surface area contributed by atoms with Gasteiger partial charge in [-0.1, -0.05) is 0 Å². The van der Waals surface area contributed by atoms with Crippen molar-refractivity contribution in [2.75, 3.05) is 5.32 Å². The van der Waals surface area contributed by atoms with Crippen molar-refractivity contribution in [3.8, 4) is 0 Å². The van der Waals surface area contributed by atoms with E-state index in [9.17, 15) is 4.79 Å². The summed E-state index contributed by atoms with van der Waals surface area (Å²) in [4.78, 5) is 20.6. The average molecular weight is 360 g/mol. The lowest BCUT2D eigenvalue weighted by atomic mass is 10.2. The molecule has 22 heavy (non-hydrogen) atoms. The molecule has 0 unspecified atom stereocenters. The van der Waals surface area contributed by atoms with Crippen LogP contribution in [0.15, 0.2) is 41.4 Å². The van der Waals surface area contributed by atoms with Crippen molar-refractivity contribution >= 4 is 38.6 Å². The Morgan fingerprint density at radius 1 is 1.23 bits per heavy atom. The van der Waals surface area contributed by atoms with Gasteiger partial charge < -0.3 is 5.32 Å². The SMILES string of the molecule is CC(C)n1ncc2cc(NC(=O)c3cncc(Br)c3)cnc21. The molecule has 0 aliphatic heterocycles. The number of pyridine rings is 2. The number of aromatic nitrogens is 4. The van der Waals surface area contributed by atoms with E-state index in [2.05, 4.69) is 36.3 Å². The van der Waals surface area contributed by atoms with E-state index in [0.29, 0.717) is 11.3 Å². The second-order valence-electron chi connectivity index (χ2n) is 5.17. The van der Waals surface area contributed by atoms with Gasteiger partial charge in [0.2, 0.25) is 0 Å². The van der Waals surface area contributed by atoms with Crippen molar-refractivity contribution in [1.82, 2.24) is 19.7 Å². The highest BCUT2D eigenvalue weighted by Crippen LogP contribution is 2.19. The summed E-state index contributed by atoms with van der Waals surface area (Å²) in [5.41, 5.74) is 1.91. The van der Waals surface area contributed by atoms with E-state index in [1.54, 1.807) is 24.7 Å². The van der Waals surface area contributed by atoms with Crippen LogP contribution < -0.4 is 5.32 Å². The van der Waals surface area contributed by atoms with Crippen LogP contribution in [0.4, 0.5) is 5.69 Å². The van der Waals surface area contributed by atoms with Crippen molar-refractivity contribution in [1.29, 1.82) is 0 Å². The second-order valence-corrected chi connectivity index (χ2v) is 6.08. The number of carbonyl (C=O) groups excluding carboxylic acids is 1. The molecule has 0 saturated carbocycles. The van der Waals surface area contributed by atoms with Gasteiger partial charge in [0.25, 0.3) is 5.91 Å². The third-order valence-electron chi connectivity index (χ3n) is 3.15. The van der Waals surface area contributed by atoms with E-state index >= 15 is 0 Å². The summed E-state index contributed by atoms with van der Waals surface area (Å²) in [6.07, 6.45) is 6.53. The molecular weight excluding hydrogens is 346 g/mol. The van der Waals surface area contributed by atoms with Gasteiger partial charge in [0.15, 0.2) is 5.65 Å². The fourth-order valence-corrected chi connectivity index (χ4v) is 2.49. The standard InChI is InChI=1S/C15H14BrN5O/c1-9(2)21-14-10(6-19-21)4-13(8-18-14)20-15(22)11-3-12(16)7-17-5-11/h3-9H,1-2H3,(H,20,22). The van der Waals surface area contributed by atoms with Crippen LogP contribution in [0, 0.1) is 0 Å². The summed E-state index contributed by atoms with van der Waals surface area (Å²) < 4.78 is 2.60. The first-order valence-electron chi connectivity index (χ1n) is 6.80. The number of hydrogen-bond acceptors (Lipinski definition) is 4. The molecule has 3 heterocycles. The van der Waals surface area contributed by atoms with Crippen LogP contribution in [0.25, 0.3) is 11.0 Å². The minimum atomic E-state index is -0.230. The zero-order valence-electron chi connectivity index (χ0n) is 12.1. The number of amides is 1. The maximum Gasteiger partial charge on any atom is 0.257 e. The summed E-state index contributed by atoms with van der Waals surface area (Å²) >= 11 is 3.30. The molecule has 0 fully saturated rings. The molecule has 1 N–H and O–H groups in total. The molecule has 112 valence electrons. The number of rotatable bonds is 3. The van der Waals surface area contributed by atoms with Gasteiger partial charge in [-0.05, 0) is 41.9 Å². The van der Waals surface area contributed by atoms with Gasteiger partial charge in [0, 0.05) is 28.3 Å². The predicted molar refractivity (Wildman–Crippen MR) is 87.8 cm³/mol. The van der Waals surface area contributed by atoms with Crippen LogP contribution in [-0.2, 0) is 0 Å². The maximum atomic E-state index is 12.2. The molecule has 7 heteroatoms. The quantitative estimate of drug-likeness (QED) is 0.777. The van der Waals surface area contributed by atoms with Crippen LogP contribution in [0.2, 0.25) is 0 Å². The molecule has 1 amide bonds. The summed E-state index contributed by atoms with van der Waals surface area (Å²) in [7, 11) is 0. The number of halogens is 1. The number of carbonyl (C=O) groups is 1. The van der Waals surface area contributed by atoms with Gasteiger partial charge in [-0.15, -0.1) is 0 Å². The monoisotopic (exact) mass is 359 g/mol. The summed E-state index contributed by atoms with van der Waals surface area (Å²) in [6, 6.07) is 3.81. The third kappa shape index (κ3) is 2.85. The van der Waals surface area contributed by atoms with Crippen LogP contribution in [-0.4, -0.2) is 25.7 Å². The first-order chi connectivity index (χ1) is 10.5. The highest BCUT2D eigenvalue weighted by Gasteiger charge is 2.11. The fraction of sp³-hybridized carbons (Fsp3) is 0.200. The Morgan fingerprint density at radius 2 is 2.05 bits per heavy atom. The molecule has 0 radical (unpaired) electrons. The summed E-state index contributed by atoms with van der Waals surface area (Å²) in [5.74, 6) is -0.230. The van der Waals surface area contributed by atoms with Gasteiger partial charge in [0.1, 0.15) is 0 Å². The Hall–Kier alpha value is -2.28. The molecule has 0 spiro atoms. The Labute approximate surface area is 135 Å². The van der Waals surface area contributed by atoms with Crippen molar-refractivity contribution in [3.63, 3.8) is 0 Å². The minimum absolute atomic E-state index is 0.230. The molecule has 0 saturated heterocycles. The van der Waals surface area contributed by atoms with Gasteiger partial charge in [-0.2, -0.15) is 5.10 Å². The molecule has 0 aromatic carbocycles. The number of hydrogen-bond donors (Lipinski definition) is 1. The predicted octanol–water partition coefficient (Wildman–Crippen LogP) is 3.42. The normalized spacial score (nSPS) is 11.1. The molecular formula is C15H14BrN5O. The Morgan fingerprint density at radius 3 is 2.77 bits per heavy atom. The van der Waals surface area contributed by atoms with Crippen LogP contribution in [0.5, 0.6) is 0 Å². The van der Waals surface area contributed by atoms with Crippen LogP contribution in [0.3, 0.4) is 0 Å². The van der Waals surface area contributed by atoms with Crippen molar-refractivity contribution in [2.24, 2.45) is 0 Å². The molecule has 3 rings (SSSR count). The number of nitrogens with one attached hydrogen (secondary N) is 1. The molecule has 0 atom stereocenters. The fourth-order valence-electron chi connectivity index (χ4n) is 2.13. The average Bonchev–Trinajstić information content (AvgIpc) is 2.90. The first kappa shape index (κ1) is 14.6. The van der Waals surface area contributed by atoms with Gasteiger partial charge in [-0.3, -0.25) is 9.78 Å². The van der Waals surface area contributed by atoms with Crippen molar-refractivity contribution < 1.29 is 4.79 Å². The first-order valence-corrected chi connectivity index (χ1v) is 7.59. The minimum Gasteiger partial charge on any atom is -0.321 e. The van der Waals surface area contributed by atoms with E-state index in [4.69, 9.17) is 0 Å². The Kier molecular flexibility index (Phi) is 3.89. The summed E-state index contributed by atoms with van der Waals surface area (Å²) in [5, 5.41) is 8.01. The van der Waals surface area contributed by atoms with E-state index in [-0.39, 0.29) is 11.9 Å². The highest BCUT2D eigenvalue weighted by molar-refractivity contribution is 9.10. The maximum absolute atomic E-state index is 12.2. The highest BCUT2D eigenvalue weighted by atomic mass is 79.9. The molecule has 0 bridgehead atoms. The lowest BCUT2D eigenvalue weighted by Gasteiger charge is -2.07. The Bertz CT molecular complexity index is 843. The molecule has 6 nitrogen and oxygen atoms in total. The summed E-state index contributed by atoms with van der Waals surface area (Å²) in [6.45, 7) is 4.09. The zero-order chi connectivity index (χ0) is 15.7. The largest absolute Gasteiger partial charge is 0.321 e. The number of fused-ring (bicyclic) bond motifs is 1. The lowest BCUT2D eigenvalue weighted by Crippen LogP contribution is -2.12. The van der Waals surface area contributed by atoms with Crippen LogP contribution in [0.1, 0.15) is 30.2 Å². The molecule has 3 aromatic heterocycles. The van der Waals surface area contributed by atoms with Gasteiger partial charge in [0.05, 0.1) is 23.6 Å². The van der Waals surface area contributed by atoms with Gasteiger partial charge >= 0.3 is 0 Å². The second kappa shape index (κ2) is 5.84. The number of anilines is 1. The smallest absolute Gasteiger partial charge is 0.257 e. The van der Waals surface area contributed by atoms with E-state index < -0.39 is 0 Å². The van der Waals surface area contributed by atoms with E-state index in [0.717, 1.165) is 15.5 Å². The Balaban J connectivity index is 1.86. The molecule has 0 aliphatic carbocycles. The molecule has 3 aromatic rings. The van der Waals surface area contributed by atoms with Crippen molar-refractivity contribution in [2.45, 2.75) is 19.9 Å². The molecule has 0 aliphatic rings. The topological polar surface area (TPSA) is 72.7 Å². The number of nitrogens with zero attached hydrogens (tertiary/aromatic N) is 4. The van der Waals surface area contributed by atoms with Crippen LogP contribution >= 0.6 is 15.9 Å². The lowest BCUT2D eigenvalue weighted by molar-refractivity contribution is 0.102.